The summed E-state index contributed by atoms with van der Waals surface area (Å²) in [6, 6.07) is 19.3. The molecule has 5 heteroatoms. The summed E-state index contributed by atoms with van der Waals surface area (Å²) in [6.45, 7) is 4.03. The molecule has 3 aromatic rings. The highest BCUT2D eigenvalue weighted by atomic mass is 32.1. The molecule has 4 nitrogen and oxygen atoms in total. The van der Waals surface area contributed by atoms with Gasteiger partial charge in [0.25, 0.3) is 0 Å². The fraction of sp³-hybridized carbons (Fsp3) is 0.217. The van der Waals surface area contributed by atoms with Gasteiger partial charge in [-0.3, -0.25) is 9.59 Å². The average Bonchev–Trinajstić information content (AvgIpc) is 3.32. The number of nitrogens with zero attached hydrogens (tertiary/aromatic N) is 1. The lowest BCUT2D eigenvalue weighted by atomic mass is 9.97. The number of carbonyl (C=O) groups is 2. The monoisotopic (exact) mass is 390 g/mol. The smallest absolute Gasteiger partial charge is 0.230 e. The van der Waals surface area contributed by atoms with Gasteiger partial charge < -0.3 is 10.2 Å². The number of hydrogen-bond donors (Lipinski definition) is 1. The fourth-order valence-electron chi connectivity index (χ4n) is 3.64. The van der Waals surface area contributed by atoms with Gasteiger partial charge in [0.15, 0.2) is 0 Å². The van der Waals surface area contributed by atoms with Crippen LogP contribution in [0, 0.1) is 19.8 Å². The Kier molecular flexibility index (Phi) is 5.01. The van der Waals surface area contributed by atoms with E-state index < -0.39 is 5.92 Å². The van der Waals surface area contributed by atoms with Crippen LogP contribution in [0.5, 0.6) is 0 Å². The lowest BCUT2D eigenvalue weighted by molar-refractivity contribution is -0.122. The zero-order chi connectivity index (χ0) is 19.7. The molecular weight excluding hydrogens is 368 g/mol. The predicted molar refractivity (Wildman–Crippen MR) is 114 cm³/mol. The number of nitrogens with one attached hydrogen (secondary N) is 1. The van der Waals surface area contributed by atoms with Crippen LogP contribution in [-0.2, 0) is 9.59 Å². The van der Waals surface area contributed by atoms with E-state index in [9.17, 15) is 9.59 Å². The second-order valence-corrected chi connectivity index (χ2v) is 8.20. The molecule has 1 aliphatic rings. The summed E-state index contributed by atoms with van der Waals surface area (Å²) >= 11 is 1.58. The molecule has 4 rings (SSSR count). The number of aryl methyl sites for hydroxylation is 2. The maximum absolute atomic E-state index is 13.1. The van der Waals surface area contributed by atoms with Crippen molar-refractivity contribution >= 4 is 34.5 Å². The third kappa shape index (κ3) is 3.58. The van der Waals surface area contributed by atoms with Crippen molar-refractivity contribution in [1.29, 1.82) is 0 Å². The Morgan fingerprint density at radius 3 is 2.25 bits per heavy atom. The number of rotatable bonds is 4. The summed E-state index contributed by atoms with van der Waals surface area (Å²) in [4.78, 5) is 28.8. The highest BCUT2D eigenvalue weighted by Gasteiger charge is 2.45. The van der Waals surface area contributed by atoms with Crippen LogP contribution in [0.2, 0.25) is 0 Å². The van der Waals surface area contributed by atoms with E-state index >= 15 is 0 Å². The molecular formula is C23H22N2O2S. The largest absolute Gasteiger partial charge is 0.326 e. The first-order chi connectivity index (χ1) is 13.5. The Morgan fingerprint density at radius 2 is 1.64 bits per heavy atom. The van der Waals surface area contributed by atoms with E-state index in [0.29, 0.717) is 0 Å². The Bertz CT molecular complexity index is 978. The number of benzene rings is 2. The van der Waals surface area contributed by atoms with Gasteiger partial charge in [0.2, 0.25) is 11.8 Å². The van der Waals surface area contributed by atoms with Crippen LogP contribution >= 0.6 is 11.3 Å². The van der Waals surface area contributed by atoms with Crippen LogP contribution in [0.4, 0.5) is 11.4 Å². The Morgan fingerprint density at radius 1 is 1.00 bits per heavy atom. The van der Waals surface area contributed by atoms with Crippen molar-refractivity contribution in [1.82, 2.24) is 0 Å². The highest BCUT2D eigenvalue weighted by Crippen LogP contribution is 2.43. The SMILES string of the molecule is Cc1ccc(NC(=O)C2CC(=O)N(c3ccc(C)cc3)C2c2cccs2)cc1. The zero-order valence-corrected chi connectivity index (χ0v) is 16.7. The van der Waals surface area contributed by atoms with Gasteiger partial charge in [-0.1, -0.05) is 41.5 Å². The van der Waals surface area contributed by atoms with E-state index in [1.54, 1.807) is 16.2 Å². The number of hydrogen-bond acceptors (Lipinski definition) is 3. The Labute approximate surface area is 168 Å². The summed E-state index contributed by atoms with van der Waals surface area (Å²) in [5, 5.41) is 4.98. The molecule has 2 heterocycles. The fourth-order valence-corrected chi connectivity index (χ4v) is 4.52. The van der Waals surface area contributed by atoms with E-state index in [-0.39, 0.29) is 24.3 Å². The number of thiophene rings is 1. The van der Waals surface area contributed by atoms with E-state index in [4.69, 9.17) is 0 Å². The summed E-state index contributed by atoms with van der Waals surface area (Å²) < 4.78 is 0. The van der Waals surface area contributed by atoms with Gasteiger partial charge in [0.1, 0.15) is 0 Å². The van der Waals surface area contributed by atoms with Crippen molar-refractivity contribution in [3.63, 3.8) is 0 Å². The molecule has 28 heavy (non-hydrogen) atoms. The molecule has 1 aromatic heterocycles. The molecule has 2 atom stereocenters. The van der Waals surface area contributed by atoms with E-state index in [2.05, 4.69) is 5.32 Å². The first kappa shape index (κ1) is 18.4. The number of anilines is 2. The zero-order valence-electron chi connectivity index (χ0n) is 15.9. The van der Waals surface area contributed by atoms with Gasteiger partial charge in [0.05, 0.1) is 12.0 Å². The molecule has 0 saturated carbocycles. The summed E-state index contributed by atoms with van der Waals surface area (Å²) in [5.41, 5.74) is 3.86. The van der Waals surface area contributed by atoms with Crippen LogP contribution in [-0.4, -0.2) is 11.8 Å². The van der Waals surface area contributed by atoms with Gasteiger partial charge >= 0.3 is 0 Å². The molecule has 2 amide bonds. The van der Waals surface area contributed by atoms with E-state index in [0.717, 1.165) is 27.4 Å². The van der Waals surface area contributed by atoms with Gasteiger partial charge in [-0.05, 0) is 49.6 Å². The van der Waals surface area contributed by atoms with Crippen LogP contribution in [0.15, 0.2) is 66.0 Å². The summed E-state index contributed by atoms with van der Waals surface area (Å²) in [6.07, 6.45) is 0.203. The molecule has 1 saturated heterocycles. The molecule has 0 radical (unpaired) electrons. The molecule has 2 unspecified atom stereocenters. The third-order valence-corrected chi connectivity index (χ3v) is 6.07. The second-order valence-electron chi connectivity index (χ2n) is 7.23. The quantitative estimate of drug-likeness (QED) is 0.674. The van der Waals surface area contributed by atoms with Gasteiger partial charge in [-0.25, -0.2) is 0 Å². The van der Waals surface area contributed by atoms with Crippen LogP contribution in [0.1, 0.15) is 28.5 Å². The topological polar surface area (TPSA) is 49.4 Å². The summed E-state index contributed by atoms with van der Waals surface area (Å²) in [7, 11) is 0. The normalized spacial score (nSPS) is 19.1. The molecule has 0 spiro atoms. The predicted octanol–water partition coefficient (Wildman–Crippen LogP) is 5.10. The number of amides is 2. The molecule has 0 bridgehead atoms. The number of carbonyl (C=O) groups excluding carboxylic acids is 2. The molecule has 1 N–H and O–H groups in total. The van der Waals surface area contributed by atoms with E-state index in [1.807, 2.05) is 79.9 Å². The lowest BCUT2D eigenvalue weighted by Gasteiger charge is -2.27. The van der Waals surface area contributed by atoms with Crippen molar-refractivity contribution < 1.29 is 9.59 Å². The van der Waals surface area contributed by atoms with Crippen molar-refractivity contribution in [3.05, 3.63) is 82.0 Å². The van der Waals surface area contributed by atoms with Crippen molar-refractivity contribution in [2.45, 2.75) is 26.3 Å². The van der Waals surface area contributed by atoms with Crippen LogP contribution in [0.3, 0.4) is 0 Å². The first-order valence-electron chi connectivity index (χ1n) is 9.32. The minimum atomic E-state index is -0.436. The van der Waals surface area contributed by atoms with Crippen molar-refractivity contribution in [2.75, 3.05) is 10.2 Å². The molecule has 1 fully saturated rings. The minimum Gasteiger partial charge on any atom is -0.326 e. The maximum atomic E-state index is 13.1. The van der Waals surface area contributed by atoms with Gasteiger partial charge in [0, 0.05) is 22.7 Å². The second kappa shape index (κ2) is 7.60. The van der Waals surface area contributed by atoms with Gasteiger partial charge in [-0.2, -0.15) is 0 Å². The summed E-state index contributed by atoms with van der Waals surface area (Å²) in [5.74, 6) is -0.578. The highest BCUT2D eigenvalue weighted by molar-refractivity contribution is 7.10. The molecule has 0 aliphatic carbocycles. The third-order valence-electron chi connectivity index (χ3n) is 5.13. The van der Waals surface area contributed by atoms with Crippen molar-refractivity contribution in [2.24, 2.45) is 5.92 Å². The maximum Gasteiger partial charge on any atom is 0.230 e. The Hall–Kier alpha value is -2.92. The molecule has 1 aliphatic heterocycles. The van der Waals surface area contributed by atoms with Gasteiger partial charge in [-0.15, -0.1) is 11.3 Å². The lowest BCUT2D eigenvalue weighted by Crippen LogP contribution is -2.31. The minimum absolute atomic E-state index is 0.0219. The first-order valence-corrected chi connectivity index (χ1v) is 10.2. The molecule has 2 aromatic carbocycles. The van der Waals surface area contributed by atoms with Crippen LogP contribution < -0.4 is 10.2 Å². The average molecular weight is 391 g/mol. The Balaban J connectivity index is 1.66. The standard InChI is InChI=1S/C23H22N2O2S/c1-15-5-9-17(10-6-15)24-23(27)19-14-21(26)25(18-11-7-16(2)8-12-18)22(19)20-4-3-13-28-20/h3-13,19,22H,14H2,1-2H3,(H,24,27). The van der Waals surface area contributed by atoms with Crippen LogP contribution in [0.25, 0.3) is 0 Å². The molecule has 142 valence electrons. The van der Waals surface area contributed by atoms with E-state index in [1.165, 1.54) is 0 Å². The van der Waals surface area contributed by atoms with Crippen molar-refractivity contribution in [3.8, 4) is 0 Å².